The van der Waals surface area contributed by atoms with Crippen molar-refractivity contribution < 1.29 is 14.1 Å². The van der Waals surface area contributed by atoms with Gasteiger partial charge in [0.1, 0.15) is 5.52 Å². The minimum atomic E-state index is -0.980. The fourth-order valence-corrected chi connectivity index (χ4v) is 3.12. The Morgan fingerprint density at radius 2 is 2.08 bits per heavy atom. The molecule has 122 valence electrons. The van der Waals surface area contributed by atoms with Crippen molar-refractivity contribution in [3.05, 3.63) is 57.4 Å². The van der Waals surface area contributed by atoms with E-state index in [-0.39, 0.29) is 5.69 Å². The van der Waals surface area contributed by atoms with Crippen LogP contribution in [0.5, 0.6) is 0 Å². The van der Waals surface area contributed by atoms with Crippen LogP contribution in [0.25, 0.3) is 10.2 Å². The van der Waals surface area contributed by atoms with Crippen LogP contribution < -0.4 is 10.6 Å². The highest BCUT2D eigenvalue weighted by Gasteiger charge is 2.16. The summed E-state index contributed by atoms with van der Waals surface area (Å²) in [6.07, 6.45) is 0. The minimum absolute atomic E-state index is 0.0831. The molecule has 0 bridgehead atoms. The van der Waals surface area contributed by atoms with Gasteiger partial charge in [0.2, 0.25) is 5.82 Å². The van der Waals surface area contributed by atoms with E-state index in [1.165, 1.54) is 17.4 Å². The van der Waals surface area contributed by atoms with Gasteiger partial charge in [-0.05, 0) is 24.3 Å². The van der Waals surface area contributed by atoms with Gasteiger partial charge in [-0.3, -0.25) is 15.4 Å². The van der Waals surface area contributed by atoms with Crippen LogP contribution in [0.3, 0.4) is 0 Å². The van der Waals surface area contributed by atoms with Gasteiger partial charge >= 0.3 is 11.7 Å². The number of rotatable bonds is 3. The summed E-state index contributed by atoms with van der Waals surface area (Å²) < 4.78 is 14.1. The third-order valence-corrected chi connectivity index (χ3v) is 4.23. The molecule has 0 atom stereocenters. The molecule has 0 fully saturated rings. The number of hydrogen-bond acceptors (Lipinski definition) is 5. The molecule has 0 saturated heterocycles. The van der Waals surface area contributed by atoms with Gasteiger partial charge in [0.15, 0.2) is 5.13 Å². The zero-order valence-electron chi connectivity index (χ0n) is 11.7. The summed E-state index contributed by atoms with van der Waals surface area (Å²) in [5.74, 6) is -0.980. The van der Waals surface area contributed by atoms with Gasteiger partial charge in [0, 0.05) is 11.8 Å². The van der Waals surface area contributed by atoms with Crippen molar-refractivity contribution >= 4 is 55.7 Å². The first-order valence-corrected chi connectivity index (χ1v) is 7.70. The van der Waals surface area contributed by atoms with Crippen molar-refractivity contribution in [1.82, 2.24) is 4.98 Å². The Hall–Kier alpha value is -2.78. The monoisotopic (exact) mass is 366 g/mol. The molecule has 0 aliphatic rings. The molecule has 10 heteroatoms. The Kier molecular flexibility index (Phi) is 4.28. The number of nitro groups is 1. The maximum atomic E-state index is 13.3. The number of nitro benzene ring substituents is 1. The number of carbonyl (C=O) groups is 1. The normalized spacial score (nSPS) is 10.6. The second-order valence-corrected chi connectivity index (χ2v) is 6.05. The third kappa shape index (κ3) is 3.26. The number of anilines is 2. The van der Waals surface area contributed by atoms with Gasteiger partial charge < -0.3 is 5.32 Å². The topological polar surface area (TPSA) is 97.2 Å². The van der Waals surface area contributed by atoms with E-state index in [1.54, 1.807) is 12.1 Å². The number of urea groups is 1. The highest BCUT2D eigenvalue weighted by molar-refractivity contribution is 7.22. The number of hydrogen-bond donors (Lipinski definition) is 2. The van der Waals surface area contributed by atoms with E-state index < -0.39 is 22.5 Å². The van der Waals surface area contributed by atoms with Crippen LogP contribution in [0.4, 0.5) is 25.7 Å². The van der Waals surface area contributed by atoms with Crippen molar-refractivity contribution in [1.29, 1.82) is 0 Å². The van der Waals surface area contributed by atoms with Crippen LogP contribution in [-0.2, 0) is 0 Å². The highest BCUT2D eigenvalue weighted by atomic mass is 35.5. The number of para-hydroxylation sites is 1. The zero-order valence-corrected chi connectivity index (χ0v) is 13.3. The summed E-state index contributed by atoms with van der Waals surface area (Å²) in [5.41, 5.74) is -0.0730. The van der Waals surface area contributed by atoms with Gasteiger partial charge in [-0.2, -0.15) is 4.39 Å². The van der Waals surface area contributed by atoms with Crippen LogP contribution in [0.15, 0.2) is 36.4 Å². The van der Waals surface area contributed by atoms with Gasteiger partial charge in [-0.1, -0.05) is 29.0 Å². The Morgan fingerprint density at radius 3 is 2.79 bits per heavy atom. The van der Waals surface area contributed by atoms with E-state index in [0.717, 1.165) is 16.8 Å². The van der Waals surface area contributed by atoms with Crippen molar-refractivity contribution in [3.8, 4) is 0 Å². The van der Waals surface area contributed by atoms with Crippen LogP contribution >= 0.6 is 22.9 Å². The summed E-state index contributed by atoms with van der Waals surface area (Å²) in [7, 11) is 0. The van der Waals surface area contributed by atoms with E-state index in [9.17, 15) is 19.3 Å². The van der Waals surface area contributed by atoms with Gasteiger partial charge in [0.25, 0.3) is 0 Å². The Morgan fingerprint density at radius 1 is 1.29 bits per heavy atom. The Balaban J connectivity index is 1.76. The van der Waals surface area contributed by atoms with Crippen molar-refractivity contribution in [3.63, 3.8) is 0 Å². The quantitative estimate of drug-likeness (QED) is 0.521. The highest BCUT2D eigenvalue weighted by Crippen LogP contribution is 2.30. The minimum Gasteiger partial charge on any atom is -0.307 e. The van der Waals surface area contributed by atoms with E-state index in [2.05, 4.69) is 15.6 Å². The molecule has 0 aliphatic carbocycles. The van der Waals surface area contributed by atoms with E-state index >= 15 is 0 Å². The first kappa shape index (κ1) is 16.1. The van der Waals surface area contributed by atoms with Crippen molar-refractivity contribution in [2.24, 2.45) is 0 Å². The molecule has 0 radical (unpaired) electrons. The second-order valence-electron chi connectivity index (χ2n) is 4.61. The molecule has 1 aromatic heterocycles. The van der Waals surface area contributed by atoms with Crippen LogP contribution in [-0.4, -0.2) is 15.9 Å². The molecule has 3 aromatic rings. The standard InChI is InChI=1S/C14H8ClFN4O3S/c15-8-2-1-3-11-12(8)18-14(24-11)19-13(21)17-7-4-5-9(16)10(6-7)20(22)23/h1-6H,(H2,17,18,19,21). The van der Waals surface area contributed by atoms with Crippen molar-refractivity contribution in [2.75, 3.05) is 10.6 Å². The Labute approximate surface area is 143 Å². The number of halogens is 2. The number of amides is 2. The predicted octanol–water partition coefficient (Wildman–Crippen LogP) is 4.64. The number of benzene rings is 2. The first-order chi connectivity index (χ1) is 11.4. The van der Waals surface area contributed by atoms with Gasteiger partial charge in [-0.25, -0.2) is 9.78 Å². The number of carbonyl (C=O) groups excluding carboxylic acids is 1. The Bertz CT molecular complexity index is 962. The number of nitrogens with one attached hydrogen (secondary N) is 2. The lowest BCUT2D eigenvalue weighted by Crippen LogP contribution is -2.19. The lowest BCUT2D eigenvalue weighted by atomic mass is 10.2. The molecule has 1 heterocycles. The lowest BCUT2D eigenvalue weighted by Gasteiger charge is -2.05. The molecule has 2 aromatic carbocycles. The van der Waals surface area contributed by atoms with Crippen LogP contribution in [0, 0.1) is 15.9 Å². The third-order valence-electron chi connectivity index (χ3n) is 2.99. The predicted molar refractivity (Wildman–Crippen MR) is 90.3 cm³/mol. The molecular formula is C14H8ClFN4O3S. The van der Waals surface area contributed by atoms with Gasteiger partial charge in [-0.15, -0.1) is 0 Å². The van der Waals surface area contributed by atoms with E-state index in [4.69, 9.17) is 11.6 Å². The van der Waals surface area contributed by atoms with Crippen LogP contribution in [0.1, 0.15) is 0 Å². The molecule has 2 N–H and O–H groups in total. The SMILES string of the molecule is O=C(Nc1ccc(F)c([N+](=O)[O-])c1)Nc1nc2c(Cl)cccc2s1. The molecule has 3 rings (SSSR count). The average Bonchev–Trinajstić information content (AvgIpc) is 2.92. The fraction of sp³-hybridized carbons (Fsp3) is 0. The maximum Gasteiger partial charge on any atom is 0.325 e. The summed E-state index contributed by atoms with van der Waals surface area (Å²) in [6, 6.07) is 7.67. The molecular weight excluding hydrogens is 359 g/mol. The number of nitrogens with zero attached hydrogens (tertiary/aromatic N) is 2. The molecule has 0 spiro atoms. The average molecular weight is 367 g/mol. The second kappa shape index (κ2) is 6.38. The molecule has 0 unspecified atom stereocenters. The molecule has 0 saturated carbocycles. The fourth-order valence-electron chi connectivity index (χ4n) is 1.96. The summed E-state index contributed by atoms with van der Waals surface area (Å²) >= 11 is 7.24. The molecule has 24 heavy (non-hydrogen) atoms. The van der Waals surface area contributed by atoms with E-state index in [0.29, 0.717) is 15.7 Å². The number of thiazole rings is 1. The van der Waals surface area contributed by atoms with Gasteiger partial charge in [0.05, 0.1) is 14.6 Å². The molecule has 2 amide bonds. The zero-order chi connectivity index (χ0) is 17.3. The summed E-state index contributed by atoms with van der Waals surface area (Å²) in [5, 5.41) is 16.4. The summed E-state index contributed by atoms with van der Waals surface area (Å²) in [4.78, 5) is 26.0. The van der Waals surface area contributed by atoms with Crippen molar-refractivity contribution in [2.45, 2.75) is 0 Å². The summed E-state index contributed by atoms with van der Waals surface area (Å²) in [6.45, 7) is 0. The van der Waals surface area contributed by atoms with Crippen LogP contribution in [0.2, 0.25) is 5.02 Å². The number of aromatic nitrogens is 1. The molecule has 7 nitrogen and oxygen atoms in total. The number of fused-ring (bicyclic) bond motifs is 1. The smallest absolute Gasteiger partial charge is 0.307 e. The lowest BCUT2D eigenvalue weighted by molar-refractivity contribution is -0.387. The largest absolute Gasteiger partial charge is 0.325 e. The first-order valence-electron chi connectivity index (χ1n) is 6.51. The molecule has 0 aliphatic heterocycles. The van der Waals surface area contributed by atoms with E-state index in [1.807, 2.05) is 6.07 Å². The maximum absolute atomic E-state index is 13.3.